The van der Waals surface area contributed by atoms with E-state index >= 15 is 0 Å². The molecule has 0 aliphatic carbocycles. The maximum absolute atomic E-state index is 9.35. The monoisotopic (exact) mass is 157 g/mol. The molecule has 1 aliphatic rings. The summed E-state index contributed by atoms with van der Waals surface area (Å²) >= 11 is 0. The van der Waals surface area contributed by atoms with E-state index in [1.165, 1.54) is 0 Å². The number of likely N-dealkylation sites (tertiary alicyclic amines) is 1. The zero-order chi connectivity index (χ0) is 8.27. The van der Waals surface area contributed by atoms with Crippen molar-refractivity contribution < 1.29 is 10.2 Å². The lowest BCUT2D eigenvalue weighted by molar-refractivity contribution is 0.103. The normalized spacial score (nSPS) is 32.5. The molecule has 2 atom stereocenters. The number of aliphatic hydroxyl groups excluding tert-OH is 2. The molecule has 0 amide bonds. The standard InChI is InChI=1S/C8H15NO2/c1-2-3-9-4-7(6-10)8(11)5-9/h2,7-8,10-11H,1,3-6H2. The second kappa shape index (κ2) is 3.85. The van der Waals surface area contributed by atoms with Gasteiger partial charge in [0.25, 0.3) is 0 Å². The van der Waals surface area contributed by atoms with Gasteiger partial charge >= 0.3 is 0 Å². The summed E-state index contributed by atoms with van der Waals surface area (Å²) in [4.78, 5) is 2.08. The SMILES string of the molecule is C=CCN1CC(O)C(CO)C1. The van der Waals surface area contributed by atoms with Crippen LogP contribution in [-0.4, -0.2) is 47.5 Å². The number of β-amino-alcohol motifs (C(OH)–C–C–N with tert-alkyl or cyclic N) is 1. The Kier molecular flexibility index (Phi) is 3.05. The van der Waals surface area contributed by atoms with Crippen LogP contribution < -0.4 is 0 Å². The number of hydrogen-bond acceptors (Lipinski definition) is 3. The summed E-state index contributed by atoms with van der Waals surface area (Å²) < 4.78 is 0. The molecule has 0 spiro atoms. The van der Waals surface area contributed by atoms with Crippen molar-refractivity contribution in [3.8, 4) is 0 Å². The van der Waals surface area contributed by atoms with Gasteiger partial charge < -0.3 is 10.2 Å². The van der Waals surface area contributed by atoms with Crippen molar-refractivity contribution in [3.63, 3.8) is 0 Å². The highest BCUT2D eigenvalue weighted by Crippen LogP contribution is 2.15. The van der Waals surface area contributed by atoms with Crippen LogP contribution in [0.15, 0.2) is 12.7 Å². The fourth-order valence-corrected chi connectivity index (χ4v) is 1.45. The van der Waals surface area contributed by atoms with Gasteiger partial charge in [0.1, 0.15) is 0 Å². The van der Waals surface area contributed by atoms with Gasteiger partial charge in [0.05, 0.1) is 6.10 Å². The molecule has 3 nitrogen and oxygen atoms in total. The first-order valence-electron chi connectivity index (χ1n) is 3.90. The fourth-order valence-electron chi connectivity index (χ4n) is 1.45. The molecular formula is C8H15NO2. The van der Waals surface area contributed by atoms with Crippen LogP contribution in [0.25, 0.3) is 0 Å². The summed E-state index contributed by atoms with van der Waals surface area (Å²) in [5, 5.41) is 18.2. The van der Waals surface area contributed by atoms with Crippen LogP contribution in [0.1, 0.15) is 0 Å². The average Bonchev–Trinajstić information content (AvgIpc) is 2.32. The van der Waals surface area contributed by atoms with Crippen LogP contribution >= 0.6 is 0 Å². The van der Waals surface area contributed by atoms with E-state index in [9.17, 15) is 5.11 Å². The first kappa shape index (κ1) is 8.71. The van der Waals surface area contributed by atoms with Gasteiger partial charge in [-0.15, -0.1) is 6.58 Å². The molecule has 64 valence electrons. The summed E-state index contributed by atoms with van der Waals surface area (Å²) in [6, 6.07) is 0. The summed E-state index contributed by atoms with van der Waals surface area (Å²) in [5.74, 6) is 0.0370. The number of rotatable bonds is 3. The van der Waals surface area contributed by atoms with E-state index in [1.54, 1.807) is 0 Å². The minimum atomic E-state index is -0.361. The molecule has 0 saturated carbocycles. The number of hydrogen-bond donors (Lipinski definition) is 2. The third-order valence-corrected chi connectivity index (χ3v) is 2.10. The van der Waals surface area contributed by atoms with Crippen molar-refractivity contribution >= 4 is 0 Å². The van der Waals surface area contributed by atoms with Crippen LogP contribution in [0.3, 0.4) is 0 Å². The van der Waals surface area contributed by atoms with Gasteiger partial charge in [-0.1, -0.05) is 6.08 Å². The van der Waals surface area contributed by atoms with Crippen LogP contribution in [0.5, 0.6) is 0 Å². The highest BCUT2D eigenvalue weighted by atomic mass is 16.3. The van der Waals surface area contributed by atoms with E-state index in [0.717, 1.165) is 13.1 Å². The van der Waals surface area contributed by atoms with Crippen molar-refractivity contribution in [2.75, 3.05) is 26.2 Å². The Hall–Kier alpha value is -0.380. The van der Waals surface area contributed by atoms with E-state index in [2.05, 4.69) is 11.5 Å². The van der Waals surface area contributed by atoms with E-state index in [-0.39, 0.29) is 18.6 Å². The number of nitrogens with zero attached hydrogens (tertiary/aromatic N) is 1. The van der Waals surface area contributed by atoms with Crippen LogP contribution in [0.4, 0.5) is 0 Å². The second-order valence-corrected chi connectivity index (χ2v) is 3.02. The molecular weight excluding hydrogens is 142 g/mol. The molecule has 1 fully saturated rings. The Bertz CT molecular complexity index is 138. The van der Waals surface area contributed by atoms with E-state index < -0.39 is 0 Å². The molecule has 1 heterocycles. The van der Waals surface area contributed by atoms with Gasteiger partial charge in [0.2, 0.25) is 0 Å². The largest absolute Gasteiger partial charge is 0.396 e. The molecule has 11 heavy (non-hydrogen) atoms. The molecule has 0 aromatic heterocycles. The minimum absolute atomic E-state index is 0.0370. The van der Waals surface area contributed by atoms with Crippen molar-refractivity contribution in [2.45, 2.75) is 6.10 Å². The maximum atomic E-state index is 9.35. The highest BCUT2D eigenvalue weighted by molar-refractivity contribution is 4.86. The first-order valence-corrected chi connectivity index (χ1v) is 3.90. The predicted molar refractivity (Wildman–Crippen MR) is 43.2 cm³/mol. The summed E-state index contributed by atoms with van der Waals surface area (Å²) in [7, 11) is 0. The quantitative estimate of drug-likeness (QED) is 0.541. The number of aliphatic hydroxyl groups is 2. The van der Waals surface area contributed by atoms with Crippen molar-refractivity contribution in [1.29, 1.82) is 0 Å². The van der Waals surface area contributed by atoms with Gasteiger partial charge in [-0.05, 0) is 0 Å². The molecule has 2 N–H and O–H groups in total. The highest BCUT2D eigenvalue weighted by Gasteiger charge is 2.29. The van der Waals surface area contributed by atoms with Crippen LogP contribution in [-0.2, 0) is 0 Å². The molecule has 1 aliphatic heterocycles. The predicted octanol–water partition coefficient (Wildman–Crippen LogP) is -0.543. The van der Waals surface area contributed by atoms with Crippen LogP contribution in [0.2, 0.25) is 0 Å². The van der Waals surface area contributed by atoms with Crippen molar-refractivity contribution in [1.82, 2.24) is 4.90 Å². The fraction of sp³-hybridized carbons (Fsp3) is 0.750. The third-order valence-electron chi connectivity index (χ3n) is 2.10. The Morgan fingerprint density at radius 1 is 1.55 bits per heavy atom. The maximum Gasteiger partial charge on any atom is 0.0729 e. The van der Waals surface area contributed by atoms with Crippen LogP contribution in [0, 0.1) is 5.92 Å². The topological polar surface area (TPSA) is 43.7 Å². The first-order chi connectivity index (χ1) is 5.27. The van der Waals surface area contributed by atoms with Gasteiger partial charge in [0, 0.05) is 32.2 Å². The van der Waals surface area contributed by atoms with E-state index in [4.69, 9.17) is 5.11 Å². The van der Waals surface area contributed by atoms with Gasteiger partial charge in [0.15, 0.2) is 0 Å². The molecule has 1 saturated heterocycles. The average molecular weight is 157 g/mol. The lowest BCUT2D eigenvalue weighted by Gasteiger charge is -2.10. The van der Waals surface area contributed by atoms with E-state index in [0.29, 0.717) is 6.54 Å². The molecule has 0 radical (unpaired) electrons. The molecule has 1 rings (SSSR count). The van der Waals surface area contributed by atoms with Gasteiger partial charge in [-0.3, -0.25) is 4.90 Å². The Balaban J connectivity index is 2.36. The Morgan fingerprint density at radius 3 is 2.73 bits per heavy atom. The smallest absolute Gasteiger partial charge is 0.0729 e. The summed E-state index contributed by atoms with van der Waals surface area (Å²) in [6.07, 6.45) is 1.45. The minimum Gasteiger partial charge on any atom is -0.396 e. The molecule has 2 unspecified atom stereocenters. The molecule has 3 heteroatoms. The molecule has 0 bridgehead atoms. The van der Waals surface area contributed by atoms with Crippen molar-refractivity contribution in [3.05, 3.63) is 12.7 Å². The second-order valence-electron chi connectivity index (χ2n) is 3.02. The zero-order valence-electron chi connectivity index (χ0n) is 6.61. The molecule has 0 aromatic rings. The Morgan fingerprint density at radius 2 is 2.27 bits per heavy atom. The van der Waals surface area contributed by atoms with Gasteiger partial charge in [-0.25, -0.2) is 0 Å². The lowest BCUT2D eigenvalue weighted by atomic mass is 10.1. The third kappa shape index (κ3) is 2.02. The summed E-state index contributed by atoms with van der Waals surface area (Å²) in [5.41, 5.74) is 0. The Labute approximate surface area is 66.9 Å². The lowest BCUT2D eigenvalue weighted by Crippen LogP contribution is -2.21. The van der Waals surface area contributed by atoms with Gasteiger partial charge in [-0.2, -0.15) is 0 Å². The van der Waals surface area contributed by atoms with E-state index in [1.807, 2.05) is 6.08 Å². The van der Waals surface area contributed by atoms with Crippen molar-refractivity contribution in [2.24, 2.45) is 5.92 Å². The molecule has 0 aromatic carbocycles. The zero-order valence-corrected chi connectivity index (χ0v) is 6.61. The summed E-state index contributed by atoms with van der Waals surface area (Å²) in [6.45, 7) is 5.94.